The summed E-state index contributed by atoms with van der Waals surface area (Å²) >= 11 is 6.01. The molecule has 18 heavy (non-hydrogen) atoms. The van der Waals surface area contributed by atoms with Crippen LogP contribution < -0.4 is 5.32 Å². The number of hydrogen-bond donors (Lipinski definition) is 2. The summed E-state index contributed by atoms with van der Waals surface area (Å²) in [5.74, 6) is -1.58. The van der Waals surface area contributed by atoms with Gasteiger partial charge in [-0.2, -0.15) is 0 Å². The SMILES string of the molecule is O=C(O)C1Nc2ccc(F)c(Cl)c2C2C=CCC12. The van der Waals surface area contributed by atoms with E-state index in [2.05, 4.69) is 5.32 Å². The molecule has 1 aliphatic carbocycles. The Kier molecular flexibility index (Phi) is 2.55. The molecule has 3 atom stereocenters. The molecule has 3 nitrogen and oxygen atoms in total. The van der Waals surface area contributed by atoms with Crippen LogP contribution in [-0.2, 0) is 4.79 Å². The molecule has 5 heteroatoms. The molecule has 0 spiro atoms. The highest BCUT2D eigenvalue weighted by Crippen LogP contribution is 2.47. The third-order valence-electron chi connectivity index (χ3n) is 3.68. The first-order valence-corrected chi connectivity index (χ1v) is 6.11. The monoisotopic (exact) mass is 267 g/mol. The summed E-state index contributed by atoms with van der Waals surface area (Å²) in [6.07, 6.45) is 4.52. The fourth-order valence-corrected chi connectivity index (χ4v) is 3.15. The number of carbonyl (C=O) groups is 1. The van der Waals surface area contributed by atoms with Crippen molar-refractivity contribution < 1.29 is 14.3 Å². The number of carboxylic acids is 1. The first-order valence-electron chi connectivity index (χ1n) is 5.73. The average molecular weight is 268 g/mol. The molecule has 0 amide bonds. The van der Waals surface area contributed by atoms with Crippen molar-refractivity contribution in [2.24, 2.45) is 5.92 Å². The Bertz CT molecular complexity index is 558. The van der Waals surface area contributed by atoms with Gasteiger partial charge in [0.15, 0.2) is 0 Å². The fourth-order valence-electron chi connectivity index (χ4n) is 2.86. The van der Waals surface area contributed by atoms with Crippen molar-refractivity contribution >= 4 is 23.3 Å². The summed E-state index contributed by atoms with van der Waals surface area (Å²) < 4.78 is 13.5. The van der Waals surface area contributed by atoms with Crippen LogP contribution in [-0.4, -0.2) is 17.1 Å². The predicted octanol–water partition coefficient (Wildman–Crippen LogP) is 3.02. The lowest BCUT2D eigenvalue weighted by Crippen LogP contribution is -2.42. The third kappa shape index (κ3) is 1.52. The summed E-state index contributed by atoms with van der Waals surface area (Å²) in [5, 5.41) is 12.3. The van der Waals surface area contributed by atoms with Gasteiger partial charge in [0, 0.05) is 23.1 Å². The van der Waals surface area contributed by atoms with E-state index in [-0.39, 0.29) is 16.9 Å². The Morgan fingerprint density at radius 2 is 2.28 bits per heavy atom. The third-order valence-corrected chi connectivity index (χ3v) is 4.07. The van der Waals surface area contributed by atoms with Crippen molar-refractivity contribution in [1.82, 2.24) is 0 Å². The van der Waals surface area contributed by atoms with E-state index in [9.17, 15) is 14.3 Å². The summed E-state index contributed by atoms with van der Waals surface area (Å²) in [6, 6.07) is 2.15. The molecule has 1 aromatic carbocycles. The van der Waals surface area contributed by atoms with Gasteiger partial charge in [0.2, 0.25) is 0 Å². The molecular formula is C13H11ClFNO2. The maximum atomic E-state index is 13.5. The van der Waals surface area contributed by atoms with E-state index >= 15 is 0 Å². The summed E-state index contributed by atoms with van der Waals surface area (Å²) in [7, 11) is 0. The number of benzene rings is 1. The quantitative estimate of drug-likeness (QED) is 0.769. The van der Waals surface area contributed by atoms with E-state index in [1.807, 2.05) is 12.2 Å². The maximum absolute atomic E-state index is 13.5. The largest absolute Gasteiger partial charge is 0.480 e. The highest BCUT2D eigenvalue weighted by atomic mass is 35.5. The number of aliphatic carboxylic acids is 1. The summed E-state index contributed by atoms with van der Waals surface area (Å²) in [5.41, 5.74) is 1.29. The Morgan fingerprint density at radius 1 is 1.50 bits per heavy atom. The lowest BCUT2D eigenvalue weighted by molar-refractivity contribution is -0.139. The van der Waals surface area contributed by atoms with Crippen LogP contribution in [0.25, 0.3) is 0 Å². The first-order chi connectivity index (χ1) is 8.59. The number of nitrogens with one attached hydrogen (secondary N) is 1. The van der Waals surface area contributed by atoms with E-state index in [0.717, 1.165) is 0 Å². The molecule has 0 radical (unpaired) electrons. The zero-order valence-electron chi connectivity index (χ0n) is 9.36. The Morgan fingerprint density at radius 3 is 3.00 bits per heavy atom. The first kappa shape index (κ1) is 11.5. The van der Waals surface area contributed by atoms with Crippen LogP contribution in [0.4, 0.5) is 10.1 Å². The number of halogens is 2. The molecule has 1 aromatic rings. The van der Waals surface area contributed by atoms with Crippen molar-refractivity contribution in [2.75, 3.05) is 5.32 Å². The van der Waals surface area contributed by atoms with Gasteiger partial charge in [-0.1, -0.05) is 23.8 Å². The van der Waals surface area contributed by atoms with E-state index in [1.54, 1.807) is 6.07 Å². The maximum Gasteiger partial charge on any atom is 0.326 e. The van der Waals surface area contributed by atoms with Gasteiger partial charge in [-0.15, -0.1) is 0 Å². The molecule has 94 valence electrons. The lowest BCUT2D eigenvalue weighted by Gasteiger charge is -2.35. The molecule has 2 N–H and O–H groups in total. The number of fused-ring (bicyclic) bond motifs is 3. The zero-order valence-corrected chi connectivity index (χ0v) is 10.1. The molecule has 2 aliphatic rings. The molecule has 0 saturated heterocycles. The van der Waals surface area contributed by atoms with Crippen LogP contribution in [0.2, 0.25) is 5.02 Å². The molecule has 0 saturated carbocycles. The molecule has 0 aromatic heterocycles. The highest BCUT2D eigenvalue weighted by molar-refractivity contribution is 6.32. The topological polar surface area (TPSA) is 49.3 Å². The molecule has 0 bridgehead atoms. The Hall–Kier alpha value is -1.55. The van der Waals surface area contributed by atoms with E-state index in [0.29, 0.717) is 17.7 Å². The van der Waals surface area contributed by atoms with Gasteiger partial charge in [0.05, 0.1) is 5.02 Å². The minimum atomic E-state index is -0.889. The fraction of sp³-hybridized carbons (Fsp3) is 0.308. The number of carboxylic acid groups (broad SMARTS) is 1. The second kappa shape index (κ2) is 3.99. The van der Waals surface area contributed by atoms with Gasteiger partial charge < -0.3 is 10.4 Å². The van der Waals surface area contributed by atoms with Gasteiger partial charge in [-0.25, -0.2) is 9.18 Å². The van der Waals surface area contributed by atoms with Crippen LogP contribution in [0.5, 0.6) is 0 Å². The Balaban J connectivity index is 2.15. The lowest BCUT2D eigenvalue weighted by atomic mass is 9.79. The van der Waals surface area contributed by atoms with Crippen LogP contribution in [0.1, 0.15) is 17.9 Å². The highest BCUT2D eigenvalue weighted by Gasteiger charge is 2.42. The van der Waals surface area contributed by atoms with Crippen LogP contribution >= 0.6 is 11.6 Å². The van der Waals surface area contributed by atoms with E-state index < -0.39 is 17.8 Å². The second-order valence-electron chi connectivity index (χ2n) is 4.64. The number of allylic oxidation sites excluding steroid dienone is 2. The van der Waals surface area contributed by atoms with Crippen molar-refractivity contribution in [3.8, 4) is 0 Å². The van der Waals surface area contributed by atoms with Gasteiger partial charge in [0.25, 0.3) is 0 Å². The molecule has 1 aliphatic heterocycles. The number of hydrogen-bond acceptors (Lipinski definition) is 2. The minimum absolute atomic E-state index is 0.0883. The molecular weight excluding hydrogens is 257 g/mol. The minimum Gasteiger partial charge on any atom is -0.480 e. The number of rotatable bonds is 1. The van der Waals surface area contributed by atoms with E-state index in [4.69, 9.17) is 11.6 Å². The molecule has 3 unspecified atom stereocenters. The van der Waals surface area contributed by atoms with Gasteiger partial charge >= 0.3 is 5.97 Å². The van der Waals surface area contributed by atoms with Crippen molar-refractivity contribution in [3.63, 3.8) is 0 Å². The van der Waals surface area contributed by atoms with Crippen molar-refractivity contribution in [2.45, 2.75) is 18.4 Å². The van der Waals surface area contributed by atoms with Gasteiger partial charge in [-0.3, -0.25) is 0 Å². The standard InChI is InChI=1S/C13H11ClFNO2/c14-11-8(15)4-5-9-10(11)6-2-1-3-7(6)12(16-9)13(17)18/h1-2,4-7,12,16H,3H2,(H,17,18). The second-order valence-corrected chi connectivity index (χ2v) is 5.01. The molecule has 1 heterocycles. The molecule has 0 fully saturated rings. The Labute approximate surface area is 108 Å². The van der Waals surface area contributed by atoms with Crippen molar-refractivity contribution in [1.29, 1.82) is 0 Å². The zero-order chi connectivity index (χ0) is 12.9. The smallest absolute Gasteiger partial charge is 0.326 e. The number of anilines is 1. The van der Waals surface area contributed by atoms with Crippen LogP contribution in [0, 0.1) is 11.7 Å². The predicted molar refractivity (Wildman–Crippen MR) is 66.4 cm³/mol. The van der Waals surface area contributed by atoms with E-state index in [1.165, 1.54) is 6.07 Å². The molecule has 3 rings (SSSR count). The van der Waals surface area contributed by atoms with Gasteiger partial charge in [0.1, 0.15) is 11.9 Å². The summed E-state index contributed by atoms with van der Waals surface area (Å²) in [4.78, 5) is 11.3. The van der Waals surface area contributed by atoms with Crippen LogP contribution in [0.3, 0.4) is 0 Å². The van der Waals surface area contributed by atoms with Crippen LogP contribution in [0.15, 0.2) is 24.3 Å². The average Bonchev–Trinajstić information content (AvgIpc) is 2.81. The summed E-state index contributed by atoms with van der Waals surface area (Å²) in [6.45, 7) is 0. The normalized spacial score (nSPS) is 28.4. The van der Waals surface area contributed by atoms with Crippen molar-refractivity contribution in [3.05, 3.63) is 40.7 Å². The van der Waals surface area contributed by atoms with Gasteiger partial charge in [-0.05, 0) is 18.6 Å².